The molecule has 0 bridgehead atoms. The van der Waals surface area contributed by atoms with Crippen LogP contribution in [0, 0.1) is 12.8 Å². The van der Waals surface area contributed by atoms with Crippen molar-refractivity contribution in [3.05, 3.63) is 34.3 Å². The summed E-state index contributed by atoms with van der Waals surface area (Å²) < 4.78 is 0. The second-order valence-electron chi connectivity index (χ2n) is 5.65. The smallest absolute Gasteiger partial charge is 0.0438 e. The van der Waals surface area contributed by atoms with Gasteiger partial charge < -0.3 is 5.32 Å². The van der Waals surface area contributed by atoms with Gasteiger partial charge in [-0.1, -0.05) is 43.0 Å². The van der Waals surface area contributed by atoms with Crippen molar-refractivity contribution in [3.8, 4) is 0 Å². The van der Waals surface area contributed by atoms with Crippen molar-refractivity contribution in [1.29, 1.82) is 0 Å². The molecule has 1 aliphatic carbocycles. The van der Waals surface area contributed by atoms with E-state index < -0.39 is 0 Å². The van der Waals surface area contributed by atoms with Gasteiger partial charge in [-0.2, -0.15) is 0 Å². The number of hydrogen-bond donors (Lipinski definition) is 1. The number of nitrogens with one attached hydrogen (secondary N) is 1. The van der Waals surface area contributed by atoms with Crippen molar-refractivity contribution in [3.63, 3.8) is 0 Å². The largest absolute Gasteiger partial charge is 0.310 e. The molecule has 18 heavy (non-hydrogen) atoms. The molecule has 1 saturated carbocycles. The molecule has 100 valence electrons. The lowest BCUT2D eigenvalue weighted by atomic mass is 9.84. The van der Waals surface area contributed by atoms with Crippen LogP contribution >= 0.6 is 11.6 Å². The van der Waals surface area contributed by atoms with Crippen LogP contribution in [-0.4, -0.2) is 6.04 Å². The molecule has 1 nitrogen and oxygen atoms in total. The van der Waals surface area contributed by atoms with Gasteiger partial charge in [0.05, 0.1) is 0 Å². The summed E-state index contributed by atoms with van der Waals surface area (Å²) in [6.07, 6.45) is 7.03. The first-order valence-corrected chi connectivity index (χ1v) is 7.53. The van der Waals surface area contributed by atoms with Crippen LogP contribution in [0.3, 0.4) is 0 Å². The van der Waals surface area contributed by atoms with Gasteiger partial charge >= 0.3 is 0 Å². The summed E-state index contributed by atoms with van der Waals surface area (Å²) in [6, 6.07) is 6.97. The minimum absolute atomic E-state index is 0.616. The molecule has 0 unspecified atom stereocenters. The van der Waals surface area contributed by atoms with E-state index in [1.165, 1.54) is 37.7 Å². The fourth-order valence-electron chi connectivity index (χ4n) is 2.83. The van der Waals surface area contributed by atoms with Crippen LogP contribution < -0.4 is 5.32 Å². The minimum atomic E-state index is 0.616. The Morgan fingerprint density at radius 1 is 1.28 bits per heavy atom. The van der Waals surface area contributed by atoms with Gasteiger partial charge in [-0.3, -0.25) is 0 Å². The van der Waals surface area contributed by atoms with Crippen LogP contribution in [0.5, 0.6) is 0 Å². The first-order chi connectivity index (χ1) is 8.66. The fourth-order valence-corrected chi connectivity index (χ4v) is 3.03. The summed E-state index contributed by atoms with van der Waals surface area (Å²) in [5.74, 6) is 0.861. The maximum atomic E-state index is 6.15. The molecule has 0 aromatic heterocycles. The summed E-state index contributed by atoms with van der Waals surface area (Å²) in [4.78, 5) is 0. The molecule has 2 rings (SSSR count). The highest BCUT2D eigenvalue weighted by Crippen LogP contribution is 2.26. The Bertz CT molecular complexity index is 383. The van der Waals surface area contributed by atoms with Crippen molar-refractivity contribution in [2.75, 3.05) is 0 Å². The van der Waals surface area contributed by atoms with Crippen molar-refractivity contribution in [2.24, 2.45) is 5.92 Å². The standard InChI is InChI=1S/C16H24ClN/c1-12-8-9-14(10-16(12)17)11-18-13(2)15-6-4-3-5-7-15/h8-10,13,15,18H,3-7,11H2,1-2H3/t13-/m1/s1. The maximum absolute atomic E-state index is 6.15. The molecule has 1 aromatic carbocycles. The van der Waals surface area contributed by atoms with E-state index in [9.17, 15) is 0 Å². The second-order valence-corrected chi connectivity index (χ2v) is 6.06. The molecule has 0 aliphatic heterocycles. The van der Waals surface area contributed by atoms with Gasteiger partial charge in [0.2, 0.25) is 0 Å². The molecular weight excluding hydrogens is 242 g/mol. The highest BCUT2D eigenvalue weighted by Gasteiger charge is 2.19. The van der Waals surface area contributed by atoms with Crippen LogP contribution in [0.4, 0.5) is 0 Å². The fraction of sp³-hybridized carbons (Fsp3) is 0.625. The third-order valence-electron chi connectivity index (χ3n) is 4.22. The minimum Gasteiger partial charge on any atom is -0.310 e. The molecule has 0 heterocycles. The average Bonchev–Trinajstić information content (AvgIpc) is 2.41. The Balaban J connectivity index is 1.84. The summed E-state index contributed by atoms with van der Waals surface area (Å²) in [7, 11) is 0. The van der Waals surface area contributed by atoms with Crippen LogP contribution in [0.25, 0.3) is 0 Å². The summed E-state index contributed by atoms with van der Waals surface area (Å²) in [6.45, 7) is 5.30. The van der Waals surface area contributed by atoms with E-state index in [2.05, 4.69) is 30.4 Å². The molecule has 0 saturated heterocycles. The molecule has 2 heteroatoms. The third kappa shape index (κ3) is 3.73. The molecule has 1 aliphatic rings. The van der Waals surface area contributed by atoms with Crippen LogP contribution in [0.15, 0.2) is 18.2 Å². The quantitative estimate of drug-likeness (QED) is 0.832. The zero-order valence-electron chi connectivity index (χ0n) is 11.5. The van der Waals surface area contributed by atoms with E-state index in [1.54, 1.807) is 0 Å². The molecular formula is C16H24ClN. The van der Waals surface area contributed by atoms with Crippen LogP contribution in [0.1, 0.15) is 50.2 Å². The van der Waals surface area contributed by atoms with Crippen molar-refractivity contribution in [2.45, 2.75) is 58.5 Å². The Morgan fingerprint density at radius 3 is 2.67 bits per heavy atom. The lowest BCUT2D eigenvalue weighted by Gasteiger charge is -2.28. The maximum Gasteiger partial charge on any atom is 0.0438 e. The number of hydrogen-bond acceptors (Lipinski definition) is 1. The number of rotatable bonds is 4. The first-order valence-electron chi connectivity index (χ1n) is 7.15. The van der Waals surface area contributed by atoms with E-state index in [4.69, 9.17) is 11.6 Å². The van der Waals surface area contributed by atoms with Gasteiger partial charge in [-0.15, -0.1) is 0 Å². The number of benzene rings is 1. The molecule has 0 radical (unpaired) electrons. The molecule has 0 spiro atoms. The van der Waals surface area contributed by atoms with E-state index >= 15 is 0 Å². The third-order valence-corrected chi connectivity index (χ3v) is 4.63. The van der Waals surface area contributed by atoms with Crippen molar-refractivity contribution < 1.29 is 0 Å². The molecule has 1 atom stereocenters. The van der Waals surface area contributed by atoms with Gasteiger partial charge in [0.15, 0.2) is 0 Å². The molecule has 1 aromatic rings. The highest BCUT2D eigenvalue weighted by molar-refractivity contribution is 6.31. The monoisotopic (exact) mass is 265 g/mol. The molecule has 1 fully saturated rings. The average molecular weight is 266 g/mol. The lowest BCUT2D eigenvalue weighted by Crippen LogP contribution is -2.34. The van der Waals surface area contributed by atoms with Crippen LogP contribution in [-0.2, 0) is 6.54 Å². The van der Waals surface area contributed by atoms with Gasteiger partial charge in [-0.25, -0.2) is 0 Å². The van der Waals surface area contributed by atoms with E-state index in [0.717, 1.165) is 23.0 Å². The number of aryl methyl sites for hydroxylation is 1. The van der Waals surface area contributed by atoms with Crippen LogP contribution in [0.2, 0.25) is 5.02 Å². The predicted molar refractivity (Wildman–Crippen MR) is 79.1 cm³/mol. The predicted octanol–water partition coefficient (Wildman–Crippen LogP) is 4.71. The van der Waals surface area contributed by atoms with Crippen molar-refractivity contribution in [1.82, 2.24) is 5.32 Å². The van der Waals surface area contributed by atoms with Gasteiger partial charge in [0.1, 0.15) is 0 Å². The van der Waals surface area contributed by atoms with E-state index in [1.807, 2.05) is 6.92 Å². The van der Waals surface area contributed by atoms with Crippen molar-refractivity contribution >= 4 is 11.6 Å². The normalized spacial score (nSPS) is 18.8. The molecule has 1 N–H and O–H groups in total. The Hall–Kier alpha value is -0.530. The highest BCUT2D eigenvalue weighted by atomic mass is 35.5. The summed E-state index contributed by atoms with van der Waals surface area (Å²) >= 11 is 6.15. The van der Waals surface area contributed by atoms with E-state index in [-0.39, 0.29) is 0 Å². The molecule has 0 amide bonds. The summed E-state index contributed by atoms with van der Waals surface area (Å²) in [5, 5.41) is 4.53. The zero-order chi connectivity index (χ0) is 13.0. The van der Waals surface area contributed by atoms with Gasteiger partial charge in [0.25, 0.3) is 0 Å². The Labute approximate surface area is 116 Å². The summed E-state index contributed by atoms with van der Waals surface area (Å²) in [5.41, 5.74) is 2.44. The SMILES string of the molecule is Cc1ccc(CN[C@H](C)C2CCCCC2)cc1Cl. The first kappa shape index (κ1) is 13.9. The van der Waals surface area contributed by atoms with Gasteiger partial charge in [0, 0.05) is 17.6 Å². The number of halogens is 1. The zero-order valence-corrected chi connectivity index (χ0v) is 12.3. The Morgan fingerprint density at radius 2 is 2.00 bits per heavy atom. The van der Waals surface area contributed by atoms with E-state index in [0.29, 0.717) is 6.04 Å². The topological polar surface area (TPSA) is 12.0 Å². The second kappa shape index (κ2) is 6.58. The van der Waals surface area contributed by atoms with Gasteiger partial charge in [-0.05, 0) is 49.8 Å². The lowest BCUT2D eigenvalue weighted by molar-refractivity contribution is 0.280. The Kier molecular flexibility index (Phi) is 5.08.